The minimum absolute atomic E-state index is 0.121. The molecule has 0 spiro atoms. The van der Waals surface area contributed by atoms with Crippen molar-refractivity contribution < 1.29 is 4.79 Å². The molecule has 112 valence electrons. The fourth-order valence-corrected chi connectivity index (χ4v) is 2.32. The molecule has 0 aliphatic carbocycles. The van der Waals surface area contributed by atoms with Crippen LogP contribution in [0, 0.1) is 5.41 Å². The van der Waals surface area contributed by atoms with E-state index in [9.17, 15) is 4.79 Å². The lowest BCUT2D eigenvalue weighted by atomic mass is 9.84. The number of nitrogens with zero attached hydrogens (tertiary/aromatic N) is 1. The first-order valence-electron chi connectivity index (χ1n) is 7.03. The second-order valence-corrected chi connectivity index (χ2v) is 6.45. The van der Waals surface area contributed by atoms with Gasteiger partial charge in [-0.15, -0.1) is 0 Å². The number of benzene rings is 1. The zero-order chi connectivity index (χ0) is 15.2. The van der Waals surface area contributed by atoms with Crippen molar-refractivity contribution >= 4 is 17.5 Å². The van der Waals surface area contributed by atoms with Crippen molar-refractivity contribution in [1.29, 1.82) is 0 Å². The Hall–Kier alpha value is -1.06. The largest absolute Gasteiger partial charge is 0.341 e. The highest BCUT2D eigenvalue weighted by Crippen LogP contribution is 2.26. The molecule has 0 atom stereocenters. The SMILES string of the molecule is CN(Cc1ccccc1Cl)C(=O)CCC(C)(C)CCN. The van der Waals surface area contributed by atoms with Gasteiger partial charge in [-0.05, 0) is 36.4 Å². The molecule has 0 bridgehead atoms. The third-order valence-corrected chi connectivity index (χ3v) is 4.00. The van der Waals surface area contributed by atoms with Crippen LogP contribution in [0.25, 0.3) is 0 Å². The number of hydrogen-bond donors (Lipinski definition) is 1. The first kappa shape index (κ1) is 17.0. The van der Waals surface area contributed by atoms with Crippen molar-refractivity contribution in [2.24, 2.45) is 11.1 Å². The van der Waals surface area contributed by atoms with Gasteiger partial charge in [0, 0.05) is 25.0 Å². The maximum absolute atomic E-state index is 12.2. The average molecular weight is 297 g/mol. The Labute approximate surface area is 127 Å². The number of rotatable bonds is 7. The summed E-state index contributed by atoms with van der Waals surface area (Å²) in [5, 5.41) is 0.704. The lowest BCUT2D eigenvalue weighted by molar-refractivity contribution is -0.131. The van der Waals surface area contributed by atoms with E-state index in [0.29, 0.717) is 24.5 Å². The molecule has 0 aromatic heterocycles. The van der Waals surface area contributed by atoms with Crippen molar-refractivity contribution in [1.82, 2.24) is 4.90 Å². The lowest BCUT2D eigenvalue weighted by Crippen LogP contribution is -2.28. The fourth-order valence-electron chi connectivity index (χ4n) is 2.12. The summed E-state index contributed by atoms with van der Waals surface area (Å²) >= 11 is 6.11. The second kappa shape index (κ2) is 7.65. The van der Waals surface area contributed by atoms with Crippen LogP contribution in [-0.4, -0.2) is 24.4 Å². The van der Waals surface area contributed by atoms with E-state index >= 15 is 0 Å². The molecular formula is C16H25ClN2O. The third kappa shape index (κ3) is 5.51. The van der Waals surface area contributed by atoms with Crippen molar-refractivity contribution in [2.45, 2.75) is 39.7 Å². The molecule has 0 aliphatic rings. The zero-order valence-corrected chi connectivity index (χ0v) is 13.4. The van der Waals surface area contributed by atoms with Crippen LogP contribution in [-0.2, 0) is 11.3 Å². The molecule has 0 saturated carbocycles. The maximum atomic E-state index is 12.2. The first-order chi connectivity index (χ1) is 9.35. The molecule has 3 nitrogen and oxygen atoms in total. The van der Waals surface area contributed by atoms with Gasteiger partial charge in [0.15, 0.2) is 0 Å². The van der Waals surface area contributed by atoms with Crippen molar-refractivity contribution in [2.75, 3.05) is 13.6 Å². The molecule has 1 aromatic rings. The molecule has 2 N–H and O–H groups in total. The zero-order valence-electron chi connectivity index (χ0n) is 12.7. The molecule has 1 amide bonds. The minimum atomic E-state index is 0.121. The number of hydrogen-bond acceptors (Lipinski definition) is 2. The highest BCUT2D eigenvalue weighted by molar-refractivity contribution is 6.31. The van der Waals surface area contributed by atoms with Gasteiger partial charge in [-0.25, -0.2) is 0 Å². The summed E-state index contributed by atoms with van der Waals surface area (Å²) in [6, 6.07) is 7.62. The Balaban J connectivity index is 2.50. The number of halogens is 1. The Kier molecular flexibility index (Phi) is 6.50. The molecule has 0 fully saturated rings. The summed E-state index contributed by atoms with van der Waals surface area (Å²) < 4.78 is 0. The van der Waals surface area contributed by atoms with Gasteiger partial charge in [0.05, 0.1) is 0 Å². The maximum Gasteiger partial charge on any atom is 0.222 e. The average Bonchev–Trinajstić information content (AvgIpc) is 2.38. The quantitative estimate of drug-likeness (QED) is 0.837. The van der Waals surface area contributed by atoms with Crippen LogP contribution in [0.1, 0.15) is 38.7 Å². The fraction of sp³-hybridized carbons (Fsp3) is 0.562. The van der Waals surface area contributed by atoms with Crippen molar-refractivity contribution in [3.8, 4) is 0 Å². The van der Waals surface area contributed by atoms with Crippen LogP contribution < -0.4 is 5.73 Å². The third-order valence-electron chi connectivity index (χ3n) is 3.63. The van der Waals surface area contributed by atoms with Gasteiger partial charge in [0.25, 0.3) is 0 Å². The molecule has 0 saturated heterocycles. The van der Waals surface area contributed by atoms with Gasteiger partial charge in [0.1, 0.15) is 0 Å². The summed E-state index contributed by atoms with van der Waals surface area (Å²) in [5.41, 5.74) is 6.69. The van der Waals surface area contributed by atoms with E-state index in [1.165, 1.54) is 0 Å². The van der Waals surface area contributed by atoms with Crippen LogP contribution in [0.3, 0.4) is 0 Å². The van der Waals surface area contributed by atoms with Crippen LogP contribution in [0.15, 0.2) is 24.3 Å². The van der Waals surface area contributed by atoms with E-state index in [1.807, 2.05) is 31.3 Å². The number of amides is 1. The highest BCUT2D eigenvalue weighted by Gasteiger charge is 2.20. The predicted octanol–water partition coefficient (Wildman–Crippen LogP) is 3.45. The van der Waals surface area contributed by atoms with E-state index in [2.05, 4.69) is 13.8 Å². The molecule has 4 heteroatoms. The Morgan fingerprint density at radius 3 is 2.55 bits per heavy atom. The van der Waals surface area contributed by atoms with Gasteiger partial charge in [-0.2, -0.15) is 0 Å². The summed E-state index contributed by atoms with van der Waals surface area (Å²) in [4.78, 5) is 13.9. The molecule has 0 aliphatic heterocycles. The van der Waals surface area contributed by atoms with Crippen LogP contribution in [0.4, 0.5) is 0 Å². The van der Waals surface area contributed by atoms with Crippen molar-refractivity contribution in [3.05, 3.63) is 34.9 Å². The van der Waals surface area contributed by atoms with E-state index in [0.717, 1.165) is 18.4 Å². The van der Waals surface area contributed by atoms with Crippen LogP contribution >= 0.6 is 11.6 Å². The first-order valence-corrected chi connectivity index (χ1v) is 7.41. The van der Waals surface area contributed by atoms with Gasteiger partial charge >= 0.3 is 0 Å². The molecule has 0 unspecified atom stereocenters. The Morgan fingerprint density at radius 1 is 1.30 bits per heavy atom. The van der Waals surface area contributed by atoms with Gasteiger partial charge in [-0.1, -0.05) is 43.6 Å². The van der Waals surface area contributed by atoms with E-state index < -0.39 is 0 Å². The van der Waals surface area contributed by atoms with Crippen LogP contribution in [0.5, 0.6) is 0 Å². The molecule has 0 heterocycles. The molecule has 0 radical (unpaired) electrons. The number of carbonyl (C=O) groups is 1. The topological polar surface area (TPSA) is 46.3 Å². The van der Waals surface area contributed by atoms with Crippen molar-refractivity contribution in [3.63, 3.8) is 0 Å². The van der Waals surface area contributed by atoms with Gasteiger partial charge in [-0.3, -0.25) is 4.79 Å². The summed E-state index contributed by atoms with van der Waals surface area (Å²) in [6.07, 6.45) is 2.35. The van der Waals surface area contributed by atoms with Gasteiger partial charge < -0.3 is 10.6 Å². The summed E-state index contributed by atoms with van der Waals surface area (Å²) in [6.45, 7) is 5.52. The normalized spacial score (nSPS) is 11.4. The monoisotopic (exact) mass is 296 g/mol. The molecular weight excluding hydrogens is 272 g/mol. The number of nitrogens with two attached hydrogens (primary N) is 1. The summed E-state index contributed by atoms with van der Waals surface area (Å²) in [7, 11) is 1.82. The second-order valence-electron chi connectivity index (χ2n) is 6.04. The Bertz CT molecular complexity index is 446. The predicted molar refractivity (Wildman–Crippen MR) is 84.6 cm³/mol. The number of carbonyl (C=O) groups excluding carboxylic acids is 1. The molecule has 20 heavy (non-hydrogen) atoms. The minimum Gasteiger partial charge on any atom is -0.341 e. The van der Waals surface area contributed by atoms with Gasteiger partial charge in [0.2, 0.25) is 5.91 Å². The highest BCUT2D eigenvalue weighted by atomic mass is 35.5. The van der Waals surface area contributed by atoms with Crippen LogP contribution in [0.2, 0.25) is 5.02 Å². The standard InChI is InChI=1S/C16H25ClN2O/c1-16(2,10-11-18)9-8-15(20)19(3)12-13-6-4-5-7-14(13)17/h4-7H,8-12,18H2,1-3H3. The van der Waals surface area contributed by atoms with E-state index in [1.54, 1.807) is 4.90 Å². The molecule has 1 rings (SSSR count). The molecule has 1 aromatic carbocycles. The van der Waals surface area contributed by atoms with E-state index in [4.69, 9.17) is 17.3 Å². The lowest BCUT2D eigenvalue weighted by Gasteiger charge is -2.25. The smallest absolute Gasteiger partial charge is 0.222 e. The van der Waals surface area contributed by atoms with E-state index in [-0.39, 0.29) is 11.3 Å². The summed E-state index contributed by atoms with van der Waals surface area (Å²) in [5.74, 6) is 0.148. The Morgan fingerprint density at radius 2 is 1.95 bits per heavy atom.